The van der Waals surface area contributed by atoms with Crippen molar-refractivity contribution in [1.82, 2.24) is 4.72 Å². The largest absolute Gasteiger partial charge is 0.396 e. The monoisotopic (exact) mass is 277 g/mol. The number of rotatable bonds is 6. The minimum Gasteiger partial charge on any atom is -0.396 e. The molecule has 6 heteroatoms. The molecule has 0 aliphatic heterocycles. The van der Waals surface area contributed by atoms with Gasteiger partial charge in [-0.3, -0.25) is 0 Å². The molecule has 0 aliphatic carbocycles. The Kier molecular flexibility index (Phi) is 5.39. The molecule has 1 rings (SSSR count). The molecule has 0 bridgehead atoms. The van der Waals surface area contributed by atoms with Gasteiger partial charge in [0.1, 0.15) is 0 Å². The van der Waals surface area contributed by atoms with Gasteiger partial charge in [0.2, 0.25) is 10.0 Å². The van der Waals surface area contributed by atoms with Crippen molar-refractivity contribution in [3.8, 4) is 0 Å². The highest BCUT2D eigenvalue weighted by atomic mass is 35.5. The Balaban J connectivity index is 2.72. The minimum absolute atomic E-state index is 0.0712. The zero-order valence-electron chi connectivity index (χ0n) is 9.61. The summed E-state index contributed by atoms with van der Waals surface area (Å²) in [4.78, 5) is 0.211. The Labute approximate surface area is 107 Å². The molecule has 0 atom stereocenters. The predicted molar refractivity (Wildman–Crippen MR) is 67.7 cm³/mol. The maximum absolute atomic E-state index is 11.8. The molecule has 0 saturated carbocycles. The highest BCUT2D eigenvalue weighted by Crippen LogP contribution is 2.19. The summed E-state index contributed by atoms with van der Waals surface area (Å²) in [5.74, 6) is 0. The van der Waals surface area contributed by atoms with Gasteiger partial charge in [-0.15, -0.1) is 0 Å². The second-order valence-electron chi connectivity index (χ2n) is 3.74. The Morgan fingerprint density at radius 3 is 2.65 bits per heavy atom. The van der Waals surface area contributed by atoms with E-state index in [0.717, 1.165) is 5.56 Å². The van der Waals surface area contributed by atoms with Crippen LogP contribution in [0.5, 0.6) is 0 Å². The molecule has 0 saturated heterocycles. The number of nitrogens with one attached hydrogen (secondary N) is 1. The van der Waals surface area contributed by atoms with E-state index in [2.05, 4.69) is 4.72 Å². The third-order valence-corrected chi connectivity index (χ3v) is 4.20. The normalized spacial score (nSPS) is 11.7. The quantitative estimate of drug-likeness (QED) is 0.778. The summed E-state index contributed by atoms with van der Waals surface area (Å²) < 4.78 is 26.2. The molecule has 0 fully saturated rings. The zero-order valence-corrected chi connectivity index (χ0v) is 11.2. The van der Waals surface area contributed by atoms with Gasteiger partial charge in [0.05, 0.1) is 4.90 Å². The molecule has 96 valence electrons. The Morgan fingerprint density at radius 2 is 2.06 bits per heavy atom. The van der Waals surface area contributed by atoms with Gasteiger partial charge in [0.25, 0.3) is 0 Å². The number of unbranched alkanes of at least 4 members (excludes halogenated alkanes) is 1. The number of benzene rings is 1. The summed E-state index contributed by atoms with van der Waals surface area (Å²) in [6, 6.07) is 4.58. The van der Waals surface area contributed by atoms with Gasteiger partial charge in [-0.25, -0.2) is 13.1 Å². The third kappa shape index (κ3) is 4.27. The van der Waals surface area contributed by atoms with Gasteiger partial charge in [-0.1, -0.05) is 11.6 Å². The molecule has 1 aromatic rings. The van der Waals surface area contributed by atoms with E-state index in [4.69, 9.17) is 16.7 Å². The van der Waals surface area contributed by atoms with E-state index in [1.165, 1.54) is 12.1 Å². The Bertz CT molecular complexity index is 474. The summed E-state index contributed by atoms with van der Waals surface area (Å²) in [6.45, 7) is 2.15. The van der Waals surface area contributed by atoms with Gasteiger partial charge in [0.15, 0.2) is 0 Å². The van der Waals surface area contributed by atoms with E-state index in [1.54, 1.807) is 13.0 Å². The molecule has 0 amide bonds. The second-order valence-corrected chi connectivity index (χ2v) is 5.91. The van der Waals surface area contributed by atoms with E-state index >= 15 is 0 Å². The average Bonchev–Trinajstić information content (AvgIpc) is 2.28. The number of halogens is 1. The molecule has 0 radical (unpaired) electrons. The lowest BCUT2D eigenvalue weighted by Crippen LogP contribution is -2.25. The van der Waals surface area contributed by atoms with Crippen molar-refractivity contribution in [2.24, 2.45) is 0 Å². The maximum Gasteiger partial charge on any atom is 0.240 e. The molecule has 0 spiro atoms. The van der Waals surface area contributed by atoms with Gasteiger partial charge in [0, 0.05) is 18.2 Å². The lowest BCUT2D eigenvalue weighted by molar-refractivity contribution is 0.285. The van der Waals surface area contributed by atoms with Crippen molar-refractivity contribution in [2.45, 2.75) is 24.7 Å². The predicted octanol–water partition coefficient (Wildman–Crippen LogP) is 1.70. The van der Waals surface area contributed by atoms with Crippen LogP contribution >= 0.6 is 11.6 Å². The van der Waals surface area contributed by atoms with Crippen LogP contribution in [-0.2, 0) is 10.0 Å². The van der Waals surface area contributed by atoms with Crippen molar-refractivity contribution in [2.75, 3.05) is 13.2 Å². The molecule has 17 heavy (non-hydrogen) atoms. The van der Waals surface area contributed by atoms with E-state index < -0.39 is 10.0 Å². The standard InChI is InChI=1S/C11H16ClNO3S/c1-9-8-10(4-5-11(9)12)17(15,16)13-6-2-3-7-14/h4-5,8,13-14H,2-3,6-7H2,1H3. The number of hydrogen-bond donors (Lipinski definition) is 2. The van der Waals surface area contributed by atoms with Crippen molar-refractivity contribution in [3.05, 3.63) is 28.8 Å². The van der Waals surface area contributed by atoms with Gasteiger partial charge in [-0.05, 0) is 43.5 Å². The summed E-state index contributed by atoms with van der Waals surface area (Å²) in [6.07, 6.45) is 1.20. The maximum atomic E-state index is 11.8. The lowest BCUT2D eigenvalue weighted by atomic mass is 10.2. The first-order valence-corrected chi connectivity index (χ1v) is 7.20. The third-order valence-electron chi connectivity index (χ3n) is 2.32. The fourth-order valence-electron chi connectivity index (χ4n) is 1.31. The Hall–Kier alpha value is -0.620. The molecule has 0 aromatic heterocycles. The molecule has 0 unspecified atom stereocenters. The Morgan fingerprint density at radius 1 is 1.35 bits per heavy atom. The molecule has 0 heterocycles. The smallest absolute Gasteiger partial charge is 0.240 e. The minimum atomic E-state index is -3.47. The summed E-state index contributed by atoms with van der Waals surface area (Å²) >= 11 is 5.83. The SMILES string of the molecule is Cc1cc(S(=O)(=O)NCCCCO)ccc1Cl. The zero-order chi connectivity index (χ0) is 12.9. The lowest BCUT2D eigenvalue weighted by Gasteiger charge is -2.07. The first kappa shape index (κ1) is 14.4. The molecule has 4 nitrogen and oxygen atoms in total. The van der Waals surface area contributed by atoms with Crippen LogP contribution in [0.3, 0.4) is 0 Å². The van der Waals surface area contributed by atoms with E-state index in [0.29, 0.717) is 24.4 Å². The summed E-state index contributed by atoms with van der Waals surface area (Å²) in [5.41, 5.74) is 0.727. The van der Waals surface area contributed by atoms with Crippen LogP contribution in [0.25, 0.3) is 0 Å². The van der Waals surface area contributed by atoms with Crippen molar-refractivity contribution < 1.29 is 13.5 Å². The number of sulfonamides is 1. The van der Waals surface area contributed by atoms with Crippen LogP contribution in [0.15, 0.2) is 23.1 Å². The van der Waals surface area contributed by atoms with Crippen molar-refractivity contribution >= 4 is 21.6 Å². The number of aryl methyl sites for hydroxylation is 1. The topological polar surface area (TPSA) is 66.4 Å². The molecular formula is C11H16ClNO3S. The van der Waals surface area contributed by atoms with Crippen molar-refractivity contribution in [1.29, 1.82) is 0 Å². The highest BCUT2D eigenvalue weighted by Gasteiger charge is 2.13. The van der Waals surface area contributed by atoms with E-state index in [9.17, 15) is 8.42 Å². The van der Waals surface area contributed by atoms with Crippen LogP contribution in [0, 0.1) is 6.92 Å². The van der Waals surface area contributed by atoms with Crippen LogP contribution in [0.1, 0.15) is 18.4 Å². The molecule has 2 N–H and O–H groups in total. The average molecular weight is 278 g/mol. The van der Waals surface area contributed by atoms with Crippen LogP contribution in [0.2, 0.25) is 5.02 Å². The van der Waals surface area contributed by atoms with E-state index in [-0.39, 0.29) is 11.5 Å². The first-order valence-electron chi connectivity index (χ1n) is 5.34. The van der Waals surface area contributed by atoms with Crippen molar-refractivity contribution in [3.63, 3.8) is 0 Å². The van der Waals surface area contributed by atoms with Gasteiger partial charge in [-0.2, -0.15) is 0 Å². The molecule has 1 aromatic carbocycles. The van der Waals surface area contributed by atoms with Gasteiger partial charge < -0.3 is 5.11 Å². The van der Waals surface area contributed by atoms with E-state index in [1.807, 2.05) is 0 Å². The summed E-state index contributed by atoms with van der Waals surface area (Å²) in [7, 11) is -3.47. The van der Waals surface area contributed by atoms with Crippen LogP contribution in [-0.4, -0.2) is 26.7 Å². The second kappa shape index (κ2) is 6.35. The molecular weight excluding hydrogens is 262 g/mol. The van der Waals surface area contributed by atoms with Gasteiger partial charge >= 0.3 is 0 Å². The fourth-order valence-corrected chi connectivity index (χ4v) is 2.59. The summed E-state index contributed by atoms with van der Waals surface area (Å²) in [5, 5.41) is 9.13. The number of aliphatic hydroxyl groups excluding tert-OH is 1. The van der Waals surface area contributed by atoms with Crippen LogP contribution < -0.4 is 4.72 Å². The fraction of sp³-hybridized carbons (Fsp3) is 0.455. The number of hydrogen-bond acceptors (Lipinski definition) is 3. The van der Waals surface area contributed by atoms with Crippen LogP contribution in [0.4, 0.5) is 0 Å². The molecule has 0 aliphatic rings. The highest BCUT2D eigenvalue weighted by molar-refractivity contribution is 7.89. The number of aliphatic hydroxyl groups is 1. The first-order chi connectivity index (χ1) is 7.97.